The summed E-state index contributed by atoms with van der Waals surface area (Å²) in [5, 5.41) is 0. The van der Waals surface area contributed by atoms with E-state index in [1.165, 1.54) is 64.2 Å². The zero-order valence-corrected chi connectivity index (χ0v) is 15.2. The van der Waals surface area contributed by atoms with Crippen molar-refractivity contribution in [1.29, 1.82) is 0 Å². The van der Waals surface area contributed by atoms with Crippen LogP contribution < -0.4 is 0 Å². The molecule has 2 unspecified atom stereocenters. The van der Waals surface area contributed by atoms with E-state index < -0.39 is 0 Å². The molecular formula is C20H38O2. The van der Waals surface area contributed by atoms with Crippen molar-refractivity contribution in [3.05, 3.63) is 0 Å². The van der Waals surface area contributed by atoms with Gasteiger partial charge in [-0.05, 0) is 44.4 Å². The molecule has 0 saturated heterocycles. The highest BCUT2D eigenvalue weighted by molar-refractivity contribution is 4.85. The van der Waals surface area contributed by atoms with Gasteiger partial charge in [-0.25, -0.2) is 0 Å². The Labute approximate surface area is 138 Å². The number of hydrogen-bond acceptors (Lipinski definition) is 2. The summed E-state index contributed by atoms with van der Waals surface area (Å²) in [5.74, 6) is 3.05. The molecule has 2 nitrogen and oxygen atoms in total. The third-order valence-corrected chi connectivity index (χ3v) is 6.17. The van der Waals surface area contributed by atoms with Gasteiger partial charge in [0.25, 0.3) is 0 Å². The third kappa shape index (κ3) is 4.96. The van der Waals surface area contributed by atoms with Crippen molar-refractivity contribution in [2.24, 2.45) is 23.7 Å². The topological polar surface area (TPSA) is 18.5 Å². The monoisotopic (exact) mass is 310 g/mol. The Balaban J connectivity index is 2.10. The minimum Gasteiger partial charge on any atom is -0.353 e. The predicted molar refractivity (Wildman–Crippen MR) is 92.8 cm³/mol. The maximum absolute atomic E-state index is 6.09. The fourth-order valence-corrected chi connectivity index (χ4v) is 4.99. The molecule has 0 radical (unpaired) electrons. The molecule has 2 aliphatic carbocycles. The first-order chi connectivity index (χ1) is 10.8. The Kier molecular flexibility index (Phi) is 8.24. The molecule has 0 N–H and O–H groups in total. The molecule has 2 atom stereocenters. The summed E-state index contributed by atoms with van der Waals surface area (Å²) in [4.78, 5) is 0. The van der Waals surface area contributed by atoms with E-state index in [1.807, 2.05) is 0 Å². The molecule has 0 spiro atoms. The molecule has 0 heterocycles. The molecule has 2 heteroatoms. The molecule has 130 valence electrons. The van der Waals surface area contributed by atoms with Crippen LogP contribution in [0.2, 0.25) is 0 Å². The van der Waals surface area contributed by atoms with Gasteiger partial charge >= 0.3 is 0 Å². The van der Waals surface area contributed by atoms with Gasteiger partial charge in [0.2, 0.25) is 0 Å². The van der Waals surface area contributed by atoms with Crippen LogP contribution in [0.4, 0.5) is 0 Å². The maximum Gasteiger partial charge on any atom is 0.160 e. The molecule has 0 aromatic carbocycles. The van der Waals surface area contributed by atoms with Gasteiger partial charge in [0, 0.05) is 19.1 Å². The predicted octanol–water partition coefficient (Wildman–Crippen LogP) is 5.80. The number of hydrogen-bond donors (Lipinski definition) is 0. The van der Waals surface area contributed by atoms with E-state index in [4.69, 9.17) is 9.47 Å². The van der Waals surface area contributed by atoms with Crippen LogP contribution in [0.25, 0.3) is 0 Å². The van der Waals surface area contributed by atoms with E-state index in [0.29, 0.717) is 5.92 Å². The van der Waals surface area contributed by atoms with E-state index in [2.05, 4.69) is 20.8 Å². The van der Waals surface area contributed by atoms with Crippen molar-refractivity contribution in [2.45, 2.75) is 91.3 Å². The second kappa shape index (κ2) is 9.93. The summed E-state index contributed by atoms with van der Waals surface area (Å²) < 4.78 is 12.2. The quantitative estimate of drug-likeness (QED) is 0.528. The summed E-state index contributed by atoms with van der Waals surface area (Å²) in [6.45, 7) is 8.25. The van der Waals surface area contributed by atoms with Gasteiger partial charge in [-0.3, -0.25) is 0 Å². The Hall–Kier alpha value is -0.0800. The zero-order valence-electron chi connectivity index (χ0n) is 15.2. The van der Waals surface area contributed by atoms with E-state index in [1.54, 1.807) is 0 Å². The van der Waals surface area contributed by atoms with Crippen LogP contribution in [0.3, 0.4) is 0 Å². The highest BCUT2D eigenvalue weighted by Gasteiger charge is 2.38. The highest BCUT2D eigenvalue weighted by atomic mass is 16.7. The van der Waals surface area contributed by atoms with Gasteiger partial charge in [-0.15, -0.1) is 0 Å². The minimum absolute atomic E-state index is 0.0232. The van der Waals surface area contributed by atoms with Crippen LogP contribution in [-0.2, 0) is 9.47 Å². The lowest BCUT2D eigenvalue weighted by Gasteiger charge is -2.42. The first kappa shape index (κ1) is 18.3. The van der Waals surface area contributed by atoms with E-state index in [-0.39, 0.29) is 6.29 Å². The van der Waals surface area contributed by atoms with Crippen LogP contribution in [0.1, 0.15) is 85.0 Å². The van der Waals surface area contributed by atoms with Crippen molar-refractivity contribution in [3.63, 3.8) is 0 Å². The van der Waals surface area contributed by atoms with Gasteiger partial charge < -0.3 is 9.47 Å². The normalized spacial score (nSPS) is 24.5. The van der Waals surface area contributed by atoms with Crippen molar-refractivity contribution in [3.8, 4) is 0 Å². The van der Waals surface area contributed by atoms with Crippen molar-refractivity contribution < 1.29 is 9.47 Å². The smallest absolute Gasteiger partial charge is 0.160 e. The Morgan fingerprint density at radius 1 is 0.727 bits per heavy atom. The average Bonchev–Trinajstić information content (AvgIpc) is 2.57. The van der Waals surface area contributed by atoms with E-state index in [0.717, 1.165) is 31.0 Å². The van der Waals surface area contributed by atoms with Crippen LogP contribution in [0, 0.1) is 23.7 Å². The summed E-state index contributed by atoms with van der Waals surface area (Å²) in [5.41, 5.74) is 0. The summed E-state index contributed by atoms with van der Waals surface area (Å²) in [6.07, 6.45) is 14.2. The summed E-state index contributed by atoms with van der Waals surface area (Å²) >= 11 is 0. The first-order valence-corrected chi connectivity index (χ1v) is 10.0. The fraction of sp³-hybridized carbons (Fsp3) is 1.00. The maximum atomic E-state index is 6.09. The fourth-order valence-electron chi connectivity index (χ4n) is 4.99. The second-order valence-corrected chi connectivity index (χ2v) is 7.51. The molecule has 0 aromatic rings. The Morgan fingerprint density at radius 2 is 1.18 bits per heavy atom. The zero-order chi connectivity index (χ0) is 15.8. The lowest BCUT2D eigenvalue weighted by atomic mass is 9.67. The average molecular weight is 311 g/mol. The van der Waals surface area contributed by atoms with Crippen molar-refractivity contribution in [1.82, 2.24) is 0 Å². The molecule has 22 heavy (non-hydrogen) atoms. The minimum atomic E-state index is 0.0232. The second-order valence-electron chi connectivity index (χ2n) is 7.51. The summed E-state index contributed by atoms with van der Waals surface area (Å²) in [6, 6.07) is 0. The third-order valence-electron chi connectivity index (χ3n) is 6.17. The molecule has 2 rings (SSSR count). The van der Waals surface area contributed by atoms with E-state index >= 15 is 0 Å². The lowest BCUT2D eigenvalue weighted by molar-refractivity contribution is -0.195. The first-order valence-electron chi connectivity index (χ1n) is 10.0. The van der Waals surface area contributed by atoms with Crippen LogP contribution in [0.15, 0.2) is 0 Å². The molecule has 0 aromatic heterocycles. The van der Waals surface area contributed by atoms with Gasteiger partial charge in [-0.2, -0.15) is 0 Å². The Bertz CT molecular complexity index is 273. The van der Waals surface area contributed by atoms with Crippen LogP contribution in [-0.4, -0.2) is 19.5 Å². The molecule has 2 saturated carbocycles. The van der Waals surface area contributed by atoms with Gasteiger partial charge in [0.05, 0.1) is 0 Å². The largest absolute Gasteiger partial charge is 0.353 e. The molecule has 2 aliphatic rings. The van der Waals surface area contributed by atoms with Gasteiger partial charge in [0.1, 0.15) is 0 Å². The number of ether oxygens (including phenoxy) is 2. The molecular weight excluding hydrogens is 272 g/mol. The highest BCUT2D eigenvalue weighted by Crippen LogP contribution is 2.43. The molecule has 2 fully saturated rings. The SMILES string of the molecule is CCOC(OCC)C(C1CCCCC1)C(C)C1CCCCC1. The Morgan fingerprint density at radius 3 is 1.64 bits per heavy atom. The summed E-state index contributed by atoms with van der Waals surface area (Å²) in [7, 11) is 0. The molecule has 0 bridgehead atoms. The van der Waals surface area contributed by atoms with Crippen molar-refractivity contribution in [2.75, 3.05) is 13.2 Å². The number of rotatable bonds is 8. The van der Waals surface area contributed by atoms with Crippen LogP contribution in [0.5, 0.6) is 0 Å². The van der Waals surface area contributed by atoms with Crippen LogP contribution >= 0.6 is 0 Å². The standard InChI is InChI=1S/C20H38O2/c1-4-21-20(22-5-2)19(18-14-10-7-11-15-18)16(3)17-12-8-6-9-13-17/h16-20H,4-15H2,1-3H3. The lowest BCUT2D eigenvalue weighted by Crippen LogP contribution is -2.41. The molecule has 0 aliphatic heterocycles. The van der Waals surface area contributed by atoms with E-state index in [9.17, 15) is 0 Å². The van der Waals surface area contributed by atoms with Gasteiger partial charge in [-0.1, -0.05) is 58.3 Å². The molecule has 0 amide bonds. The van der Waals surface area contributed by atoms with Gasteiger partial charge in [0.15, 0.2) is 6.29 Å². The van der Waals surface area contributed by atoms with Crippen molar-refractivity contribution >= 4 is 0 Å².